The second kappa shape index (κ2) is 6.40. The van der Waals surface area contributed by atoms with E-state index in [4.69, 9.17) is 4.74 Å². The summed E-state index contributed by atoms with van der Waals surface area (Å²) in [6.07, 6.45) is 4.21. The molecule has 84 valence electrons. The number of nitrogens with one attached hydrogen (secondary N) is 1. The summed E-state index contributed by atoms with van der Waals surface area (Å²) in [6, 6.07) is 3.97. The van der Waals surface area contributed by atoms with Crippen molar-refractivity contribution in [2.45, 2.75) is 39.3 Å². The van der Waals surface area contributed by atoms with Gasteiger partial charge in [0, 0.05) is 18.3 Å². The van der Waals surface area contributed by atoms with Gasteiger partial charge in [0.05, 0.1) is 6.10 Å². The molecule has 0 bridgehead atoms. The van der Waals surface area contributed by atoms with E-state index in [1.54, 1.807) is 6.20 Å². The lowest BCUT2D eigenvalue weighted by atomic mass is 10.2. The average Bonchev–Trinajstić information content (AvgIpc) is 2.21. The molecule has 1 rings (SSSR count). The molecule has 1 atom stereocenters. The van der Waals surface area contributed by atoms with Crippen LogP contribution in [0.5, 0.6) is 5.88 Å². The topological polar surface area (TPSA) is 34.1 Å². The normalized spacial score (nSPS) is 12.5. The number of rotatable bonds is 6. The monoisotopic (exact) mass is 208 g/mol. The van der Waals surface area contributed by atoms with Crippen molar-refractivity contribution in [3.05, 3.63) is 23.9 Å². The van der Waals surface area contributed by atoms with Crippen molar-refractivity contribution in [2.24, 2.45) is 0 Å². The standard InChI is InChI=1S/C12H20N2O/c1-4-6-10(2)15-12-11(9-13-3)7-5-8-14-12/h5,7-8,10,13H,4,6,9H2,1-3H3. The lowest BCUT2D eigenvalue weighted by molar-refractivity contribution is 0.199. The molecule has 3 nitrogen and oxygen atoms in total. The minimum atomic E-state index is 0.237. The van der Waals surface area contributed by atoms with Crippen molar-refractivity contribution in [3.8, 4) is 5.88 Å². The molecule has 0 aliphatic heterocycles. The number of hydrogen-bond acceptors (Lipinski definition) is 3. The molecule has 1 N–H and O–H groups in total. The van der Waals surface area contributed by atoms with Crippen LogP contribution < -0.4 is 10.1 Å². The molecule has 15 heavy (non-hydrogen) atoms. The van der Waals surface area contributed by atoms with Gasteiger partial charge in [-0.05, 0) is 26.5 Å². The van der Waals surface area contributed by atoms with Crippen molar-refractivity contribution >= 4 is 0 Å². The lowest BCUT2D eigenvalue weighted by Gasteiger charge is -2.15. The number of hydrogen-bond donors (Lipinski definition) is 1. The van der Waals surface area contributed by atoms with Crippen LogP contribution in [0.3, 0.4) is 0 Å². The molecule has 0 aliphatic carbocycles. The van der Waals surface area contributed by atoms with Crippen LogP contribution in [-0.2, 0) is 6.54 Å². The van der Waals surface area contributed by atoms with E-state index in [0.717, 1.165) is 30.8 Å². The van der Waals surface area contributed by atoms with Crippen molar-refractivity contribution in [3.63, 3.8) is 0 Å². The first-order valence-electron chi connectivity index (χ1n) is 5.53. The molecular weight excluding hydrogens is 188 g/mol. The van der Waals surface area contributed by atoms with E-state index in [9.17, 15) is 0 Å². The van der Waals surface area contributed by atoms with E-state index >= 15 is 0 Å². The van der Waals surface area contributed by atoms with Crippen molar-refractivity contribution < 1.29 is 4.74 Å². The molecule has 0 amide bonds. The molecule has 3 heteroatoms. The third-order valence-corrected chi connectivity index (χ3v) is 2.23. The summed E-state index contributed by atoms with van der Waals surface area (Å²) in [5, 5.41) is 3.11. The van der Waals surface area contributed by atoms with Crippen LogP contribution in [0.1, 0.15) is 32.3 Å². The zero-order valence-corrected chi connectivity index (χ0v) is 9.79. The quantitative estimate of drug-likeness (QED) is 0.779. The summed E-state index contributed by atoms with van der Waals surface area (Å²) in [5.74, 6) is 0.757. The van der Waals surface area contributed by atoms with Gasteiger partial charge in [-0.3, -0.25) is 0 Å². The maximum Gasteiger partial charge on any atom is 0.218 e. The summed E-state index contributed by atoms with van der Waals surface area (Å²) >= 11 is 0. The minimum absolute atomic E-state index is 0.237. The Hall–Kier alpha value is -1.09. The fraction of sp³-hybridized carbons (Fsp3) is 0.583. The second-order valence-electron chi connectivity index (χ2n) is 3.72. The maximum absolute atomic E-state index is 5.79. The van der Waals surface area contributed by atoms with Crippen LogP contribution in [0.25, 0.3) is 0 Å². The van der Waals surface area contributed by atoms with Crippen LogP contribution in [0.15, 0.2) is 18.3 Å². The van der Waals surface area contributed by atoms with E-state index in [-0.39, 0.29) is 6.10 Å². The highest BCUT2D eigenvalue weighted by Gasteiger charge is 2.07. The van der Waals surface area contributed by atoms with Gasteiger partial charge in [-0.25, -0.2) is 4.98 Å². The largest absolute Gasteiger partial charge is 0.474 e. The molecular formula is C12H20N2O. The Morgan fingerprint density at radius 3 is 3.00 bits per heavy atom. The van der Waals surface area contributed by atoms with Crippen molar-refractivity contribution in [2.75, 3.05) is 7.05 Å². The number of pyridine rings is 1. The lowest BCUT2D eigenvalue weighted by Crippen LogP contribution is -2.15. The molecule has 0 saturated heterocycles. The summed E-state index contributed by atoms with van der Waals surface area (Å²) in [7, 11) is 1.92. The van der Waals surface area contributed by atoms with Gasteiger partial charge in [-0.2, -0.15) is 0 Å². The number of aromatic nitrogens is 1. The van der Waals surface area contributed by atoms with Gasteiger partial charge in [0.15, 0.2) is 0 Å². The van der Waals surface area contributed by atoms with Crippen LogP contribution in [-0.4, -0.2) is 18.1 Å². The zero-order valence-electron chi connectivity index (χ0n) is 9.79. The van der Waals surface area contributed by atoms with Crippen LogP contribution in [0.4, 0.5) is 0 Å². The highest BCUT2D eigenvalue weighted by Crippen LogP contribution is 2.16. The summed E-state index contributed by atoms with van der Waals surface area (Å²) in [6.45, 7) is 5.04. The van der Waals surface area contributed by atoms with E-state index in [0.29, 0.717) is 0 Å². The smallest absolute Gasteiger partial charge is 0.218 e. The van der Waals surface area contributed by atoms with Crippen molar-refractivity contribution in [1.29, 1.82) is 0 Å². The first-order chi connectivity index (χ1) is 7.27. The average molecular weight is 208 g/mol. The fourth-order valence-electron chi connectivity index (χ4n) is 1.51. The first kappa shape index (κ1) is 12.0. The second-order valence-corrected chi connectivity index (χ2v) is 3.72. The van der Waals surface area contributed by atoms with Gasteiger partial charge in [-0.15, -0.1) is 0 Å². The summed E-state index contributed by atoms with van der Waals surface area (Å²) < 4.78 is 5.79. The van der Waals surface area contributed by atoms with Gasteiger partial charge in [0.2, 0.25) is 5.88 Å². The van der Waals surface area contributed by atoms with Gasteiger partial charge >= 0.3 is 0 Å². The van der Waals surface area contributed by atoms with E-state index < -0.39 is 0 Å². The van der Waals surface area contributed by atoms with E-state index in [1.165, 1.54) is 0 Å². The Kier molecular flexibility index (Phi) is 5.12. The molecule has 0 spiro atoms. The van der Waals surface area contributed by atoms with Crippen LogP contribution in [0, 0.1) is 0 Å². The Labute approximate surface area is 91.9 Å². The molecule has 1 aromatic heterocycles. The Balaban J connectivity index is 2.66. The van der Waals surface area contributed by atoms with Gasteiger partial charge < -0.3 is 10.1 Å². The first-order valence-corrected chi connectivity index (χ1v) is 5.53. The molecule has 0 aliphatic rings. The van der Waals surface area contributed by atoms with Gasteiger partial charge in [0.1, 0.15) is 0 Å². The van der Waals surface area contributed by atoms with Gasteiger partial charge in [0.25, 0.3) is 0 Å². The molecule has 1 heterocycles. The molecule has 1 aromatic rings. The van der Waals surface area contributed by atoms with Crippen LogP contribution >= 0.6 is 0 Å². The van der Waals surface area contributed by atoms with E-state index in [2.05, 4.69) is 24.1 Å². The molecule has 0 saturated carbocycles. The summed E-state index contributed by atoms with van der Waals surface area (Å²) in [4.78, 5) is 4.26. The fourth-order valence-corrected chi connectivity index (χ4v) is 1.51. The predicted molar refractivity (Wildman–Crippen MR) is 62.0 cm³/mol. The maximum atomic E-state index is 5.79. The highest BCUT2D eigenvalue weighted by atomic mass is 16.5. The third kappa shape index (κ3) is 3.88. The Morgan fingerprint density at radius 1 is 1.53 bits per heavy atom. The molecule has 0 aromatic carbocycles. The SMILES string of the molecule is CCCC(C)Oc1ncccc1CNC. The minimum Gasteiger partial charge on any atom is -0.474 e. The molecule has 0 radical (unpaired) electrons. The Morgan fingerprint density at radius 2 is 2.33 bits per heavy atom. The van der Waals surface area contributed by atoms with Gasteiger partial charge in [-0.1, -0.05) is 19.4 Å². The number of nitrogens with zero attached hydrogens (tertiary/aromatic N) is 1. The predicted octanol–water partition coefficient (Wildman–Crippen LogP) is 2.37. The third-order valence-electron chi connectivity index (χ3n) is 2.23. The molecule has 1 unspecified atom stereocenters. The van der Waals surface area contributed by atoms with Crippen molar-refractivity contribution in [1.82, 2.24) is 10.3 Å². The highest BCUT2D eigenvalue weighted by molar-refractivity contribution is 5.25. The number of ether oxygens (including phenoxy) is 1. The summed E-state index contributed by atoms with van der Waals surface area (Å²) in [5.41, 5.74) is 1.11. The van der Waals surface area contributed by atoms with Crippen LogP contribution in [0.2, 0.25) is 0 Å². The van der Waals surface area contributed by atoms with E-state index in [1.807, 2.05) is 19.2 Å². The molecule has 0 fully saturated rings. The zero-order chi connectivity index (χ0) is 11.1. The Bertz CT molecular complexity index is 289.